The maximum absolute atomic E-state index is 11.6. The van der Waals surface area contributed by atoms with E-state index < -0.39 is 30.1 Å². The van der Waals surface area contributed by atoms with Crippen LogP contribution in [0, 0.1) is 5.92 Å². The summed E-state index contributed by atoms with van der Waals surface area (Å²) in [4.78, 5) is 33.8. The van der Waals surface area contributed by atoms with Crippen LogP contribution in [0.2, 0.25) is 0 Å². The van der Waals surface area contributed by atoms with Crippen molar-refractivity contribution in [2.75, 3.05) is 6.61 Å². The standard InChI is InChI=1S/C12H22N2O5/c1-5-19-11(17)8(4)13-12(18)14-9(10(15)16)6-7(2)3/h7-9H,5-6H2,1-4H3,(H,15,16)(H2,13,14,18). The summed E-state index contributed by atoms with van der Waals surface area (Å²) >= 11 is 0. The van der Waals surface area contributed by atoms with Crippen molar-refractivity contribution in [2.45, 2.75) is 46.2 Å². The van der Waals surface area contributed by atoms with Crippen molar-refractivity contribution in [3.05, 3.63) is 0 Å². The van der Waals surface area contributed by atoms with Crippen LogP contribution in [0.25, 0.3) is 0 Å². The summed E-state index contributed by atoms with van der Waals surface area (Å²) in [6, 6.07) is -2.50. The van der Waals surface area contributed by atoms with Gasteiger partial charge in [0, 0.05) is 0 Å². The second-order valence-electron chi connectivity index (χ2n) is 4.61. The molecule has 0 spiro atoms. The summed E-state index contributed by atoms with van der Waals surface area (Å²) in [6.07, 6.45) is 0.316. The molecule has 0 rings (SSSR count). The van der Waals surface area contributed by atoms with Crippen LogP contribution < -0.4 is 10.6 Å². The van der Waals surface area contributed by atoms with Crippen molar-refractivity contribution >= 4 is 18.0 Å². The minimum Gasteiger partial charge on any atom is -0.480 e. The van der Waals surface area contributed by atoms with Gasteiger partial charge in [-0.15, -0.1) is 0 Å². The Kier molecular flexibility index (Phi) is 7.55. The zero-order valence-electron chi connectivity index (χ0n) is 11.7. The van der Waals surface area contributed by atoms with E-state index in [1.807, 2.05) is 13.8 Å². The molecule has 0 heterocycles. The van der Waals surface area contributed by atoms with Crippen molar-refractivity contribution in [3.63, 3.8) is 0 Å². The van der Waals surface area contributed by atoms with Gasteiger partial charge >= 0.3 is 18.0 Å². The van der Waals surface area contributed by atoms with Crippen LogP contribution >= 0.6 is 0 Å². The van der Waals surface area contributed by atoms with Gasteiger partial charge in [0.15, 0.2) is 0 Å². The fourth-order valence-electron chi connectivity index (χ4n) is 1.42. The number of amides is 2. The zero-order valence-corrected chi connectivity index (χ0v) is 11.7. The topological polar surface area (TPSA) is 105 Å². The minimum atomic E-state index is -1.10. The van der Waals surface area contributed by atoms with Gasteiger partial charge in [0.05, 0.1) is 6.61 Å². The Balaban J connectivity index is 4.34. The first-order valence-electron chi connectivity index (χ1n) is 6.24. The lowest BCUT2D eigenvalue weighted by Crippen LogP contribution is -2.50. The monoisotopic (exact) mass is 274 g/mol. The fraction of sp³-hybridized carbons (Fsp3) is 0.750. The summed E-state index contributed by atoms with van der Waals surface area (Å²) in [5, 5.41) is 13.6. The summed E-state index contributed by atoms with van der Waals surface area (Å²) < 4.78 is 4.72. The van der Waals surface area contributed by atoms with Gasteiger partial charge in [0.2, 0.25) is 0 Å². The smallest absolute Gasteiger partial charge is 0.328 e. The third-order valence-corrected chi connectivity index (χ3v) is 2.30. The van der Waals surface area contributed by atoms with Crippen molar-refractivity contribution in [1.29, 1.82) is 0 Å². The maximum Gasteiger partial charge on any atom is 0.328 e. The van der Waals surface area contributed by atoms with Gasteiger partial charge in [0.1, 0.15) is 12.1 Å². The van der Waals surface area contributed by atoms with Gasteiger partial charge in [-0.1, -0.05) is 13.8 Å². The average Bonchev–Trinajstić information content (AvgIpc) is 2.27. The number of esters is 1. The molecule has 7 nitrogen and oxygen atoms in total. The van der Waals surface area contributed by atoms with E-state index in [2.05, 4.69) is 10.6 Å². The number of rotatable bonds is 7. The Labute approximate surface area is 112 Å². The molecule has 0 aromatic rings. The highest BCUT2D eigenvalue weighted by Gasteiger charge is 2.23. The summed E-state index contributed by atoms with van der Waals surface area (Å²) in [6.45, 7) is 7.06. The van der Waals surface area contributed by atoms with E-state index in [4.69, 9.17) is 9.84 Å². The largest absolute Gasteiger partial charge is 0.480 e. The van der Waals surface area contributed by atoms with Gasteiger partial charge in [-0.25, -0.2) is 14.4 Å². The van der Waals surface area contributed by atoms with E-state index in [1.165, 1.54) is 6.92 Å². The zero-order chi connectivity index (χ0) is 15.0. The molecule has 110 valence electrons. The van der Waals surface area contributed by atoms with E-state index in [0.717, 1.165) is 0 Å². The lowest BCUT2D eigenvalue weighted by Gasteiger charge is -2.18. The van der Waals surface area contributed by atoms with Gasteiger partial charge < -0.3 is 20.5 Å². The van der Waals surface area contributed by atoms with Gasteiger partial charge in [-0.3, -0.25) is 0 Å². The lowest BCUT2D eigenvalue weighted by atomic mass is 10.0. The van der Waals surface area contributed by atoms with Crippen molar-refractivity contribution in [3.8, 4) is 0 Å². The van der Waals surface area contributed by atoms with E-state index in [-0.39, 0.29) is 12.5 Å². The SMILES string of the molecule is CCOC(=O)C(C)NC(=O)NC(CC(C)C)C(=O)O. The fourth-order valence-corrected chi connectivity index (χ4v) is 1.42. The first-order valence-corrected chi connectivity index (χ1v) is 6.24. The van der Waals surface area contributed by atoms with E-state index >= 15 is 0 Å². The number of carboxylic acid groups (broad SMARTS) is 1. The number of aliphatic carboxylic acids is 1. The van der Waals surface area contributed by atoms with Crippen molar-refractivity contribution < 1.29 is 24.2 Å². The second-order valence-corrected chi connectivity index (χ2v) is 4.61. The first kappa shape index (κ1) is 17.2. The highest BCUT2D eigenvalue weighted by molar-refractivity contribution is 5.86. The van der Waals surface area contributed by atoms with Crippen LogP contribution in [0.1, 0.15) is 34.1 Å². The predicted octanol–water partition coefficient (Wildman–Crippen LogP) is 0.737. The quantitative estimate of drug-likeness (QED) is 0.594. The van der Waals surface area contributed by atoms with Crippen LogP contribution in [-0.4, -0.2) is 41.8 Å². The van der Waals surface area contributed by atoms with E-state index in [0.29, 0.717) is 6.42 Å². The molecule has 0 aromatic heterocycles. The average molecular weight is 274 g/mol. The summed E-state index contributed by atoms with van der Waals surface area (Å²) in [5.74, 6) is -1.54. The molecule has 0 aromatic carbocycles. The van der Waals surface area contributed by atoms with Crippen LogP contribution in [-0.2, 0) is 14.3 Å². The molecule has 3 N–H and O–H groups in total. The Hall–Kier alpha value is -1.79. The normalized spacial score (nSPS) is 13.5. The number of hydrogen-bond acceptors (Lipinski definition) is 4. The van der Waals surface area contributed by atoms with Crippen LogP contribution in [0.3, 0.4) is 0 Å². The third-order valence-electron chi connectivity index (χ3n) is 2.30. The molecule has 2 atom stereocenters. The van der Waals surface area contributed by atoms with Crippen molar-refractivity contribution in [1.82, 2.24) is 10.6 Å². The molecule has 0 saturated carbocycles. The molecule has 0 radical (unpaired) electrons. The Morgan fingerprint density at radius 1 is 1.16 bits per heavy atom. The number of nitrogens with one attached hydrogen (secondary N) is 2. The highest BCUT2D eigenvalue weighted by Crippen LogP contribution is 2.04. The Bertz CT molecular complexity index is 330. The molecule has 0 saturated heterocycles. The van der Waals surface area contributed by atoms with Crippen LogP contribution in [0.5, 0.6) is 0 Å². The number of carboxylic acids is 1. The first-order chi connectivity index (χ1) is 8.77. The molecule has 2 amide bonds. The Morgan fingerprint density at radius 3 is 2.16 bits per heavy atom. The lowest BCUT2D eigenvalue weighted by molar-refractivity contribution is -0.144. The van der Waals surface area contributed by atoms with E-state index in [9.17, 15) is 14.4 Å². The molecule has 0 aliphatic carbocycles. The molecule has 2 unspecified atom stereocenters. The number of carbonyl (C=O) groups excluding carboxylic acids is 2. The van der Waals surface area contributed by atoms with Gasteiger partial charge in [-0.05, 0) is 26.2 Å². The molecule has 0 aliphatic heterocycles. The summed E-state index contributed by atoms with van der Waals surface area (Å²) in [7, 11) is 0. The molecular formula is C12H22N2O5. The molecule has 0 bridgehead atoms. The predicted molar refractivity (Wildman–Crippen MR) is 68.6 cm³/mol. The van der Waals surface area contributed by atoms with Gasteiger partial charge in [-0.2, -0.15) is 0 Å². The number of urea groups is 1. The van der Waals surface area contributed by atoms with Crippen LogP contribution in [0.15, 0.2) is 0 Å². The minimum absolute atomic E-state index is 0.129. The second kappa shape index (κ2) is 8.34. The molecular weight excluding hydrogens is 252 g/mol. The Morgan fingerprint density at radius 2 is 1.74 bits per heavy atom. The van der Waals surface area contributed by atoms with Gasteiger partial charge in [0.25, 0.3) is 0 Å². The summed E-state index contributed by atoms with van der Waals surface area (Å²) in [5.41, 5.74) is 0. The molecule has 0 fully saturated rings. The maximum atomic E-state index is 11.6. The van der Waals surface area contributed by atoms with Crippen molar-refractivity contribution in [2.24, 2.45) is 5.92 Å². The molecule has 7 heteroatoms. The van der Waals surface area contributed by atoms with Crippen LogP contribution in [0.4, 0.5) is 4.79 Å². The molecule has 19 heavy (non-hydrogen) atoms. The molecule has 0 aliphatic rings. The number of carbonyl (C=O) groups is 3. The number of hydrogen-bond donors (Lipinski definition) is 3. The highest BCUT2D eigenvalue weighted by atomic mass is 16.5. The number of ether oxygens (including phenoxy) is 1. The third kappa shape index (κ3) is 7.28. The van der Waals surface area contributed by atoms with E-state index in [1.54, 1.807) is 6.92 Å².